The van der Waals surface area contributed by atoms with E-state index in [0.29, 0.717) is 38.2 Å². The third-order valence-corrected chi connectivity index (χ3v) is 3.58. The van der Waals surface area contributed by atoms with Crippen LogP contribution in [0.3, 0.4) is 0 Å². The maximum Gasteiger partial charge on any atom is 0.306 e. The number of carbonyl (C=O) groups excluding carboxylic acids is 3. The Morgan fingerprint density at radius 1 is 1.17 bits per heavy atom. The first-order valence-corrected chi connectivity index (χ1v) is 7.86. The van der Waals surface area contributed by atoms with Crippen molar-refractivity contribution in [1.29, 1.82) is 0 Å². The number of benzene rings is 1. The lowest BCUT2D eigenvalue weighted by Crippen LogP contribution is -2.35. The molecule has 0 saturated carbocycles. The lowest BCUT2D eigenvalue weighted by atomic mass is 10.3. The Bertz CT molecular complexity index is 583. The summed E-state index contributed by atoms with van der Waals surface area (Å²) in [6, 6.07) is 7.13. The van der Waals surface area contributed by atoms with E-state index in [1.807, 2.05) is 0 Å². The standard InChI is InChI=1S/C17H21NO6/c1-22-13-6-8-14(9-7-13)23-11-3-5-17(21)24-12-16(20)18-10-2-4-15(18)19/h6-9H,2-5,10-12H2,1H3. The molecule has 0 atom stereocenters. The molecule has 7 nitrogen and oxygen atoms in total. The fraction of sp³-hybridized carbons (Fsp3) is 0.471. The molecule has 0 aromatic heterocycles. The van der Waals surface area contributed by atoms with E-state index in [1.54, 1.807) is 31.4 Å². The number of nitrogens with zero attached hydrogens (tertiary/aromatic N) is 1. The maximum absolute atomic E-state index is 11.7. The average molecular weight is 335 g/mol. The van der Waals surface area contributed by atoms with Crippen LogP contribution in [-0.2, 0) is 19.1 Å². The Morgan fingerprint density at radius 3 is 2.50 bits per heavy atom. The van der Waals surface area contributed by atoms with Crippen molar-refractivity contribution < 1.29 is 28.6 Å². The van der Waals surface area contributed by atoms with Crippen LogP contribution in [0, 0.1) is 0 Å². The van der Waals surface area contributed by atoms with Crippen LogP contribution in [0.2, 0.25) is 0 Å². The molecule has 24 heavy (non-hydrogen) atoms. The summed E-state index contributed by atoms with van der Waals surface area (Å²) in [6.45, 7) is 0.384. The molecule has 2 rings (SSSR count). The van der Waals surface area contributed by atoms with Gasteiger partial charge in [-0.2, -0.15) is 0 Å². The first-order valence-electron chi connectivity index (χ1n) is 7.86. The highest BCUT2D eigenvalue weighted by Gasteiger charge is 2.26. The quantitative estimate of drug-likeness (QED) is 0.529. The minimum atomic E-state index is -0.478. The van der Waals surface area contributed by atoms with Crippen molar-refractivity contribution in [2.24, 2.45) is 0 Å². The molecular weight excluding hydrogens is 314 g/mol. The van der Waals surface area contributed by atoms with Gasteiger partial charge in [-0.3, -0.25) is 19.3 Å². The van der Waals surface area contributed by atoms with E-state index < -0.39 is 11.9 Å². The highest BCUT2D eigenvalue weighted by Crippen LogP contribution is 2.17. The van der Waals surface area contributed by atoms with Crippen molar-refractivity contribution in [3.8, 4) is 11.5 Å². The maximum atomic E-state index is 11.7. The van der Waals surface area contributed by atoms with Gasteiger partial charge < -0.3 is 14.2 Å². The monoisotopic (exact) mass is 335 g/mol. The molecule has 0 N–H and O–H groups in total. The smallest absolute Gasteiger partial charge is 0.306 e. The summed E-state index contributed by atoms with van der Waals surface area (Å²) in [5.41, 5.74) is 0. The zero-order chi connectivity index (χ0) is 17.4. The summed E-state index contributed by atoms with van der Waals surface area (Å²) >= 11 is 0. The molecule has 130 valence electrons. The van der Waals surface area contributed by atoms with E-state index in [1.165, 1.54) is 0 Å². The molecule has 0 aliphatic carbocycles. The fourth-order valence-corrected chi connectivity index (χ4v) is 2.28. The predicted molar refractivity (Wildman–Crippen MR) is 84.6 cm³/mol. The molecular formula is C17H21NO6. The Morgan fingerprint density at radius 2 is 1.88 bits per heavy atom. The van der Waals surface area contributed by atoms with E-state index in [0.717, 1.165) is 10.6 Å². The lowest BCUT2D eigenvalue weighted by molar-refractivity contribution is -0.154. The van der Waals surface area contributed by atoms with Crippen molar-refractivity contribution in [2.45, 2.75) is 25.7 Å². The number of amides is 2. The molecule has 1 saturated heterocycles. The number of esters is 1. The van der Waals surface area contributed by atoms with Crippen LogP contribution < -0.4 is 9.47 Å². The molecule has 1 aliphatic heterocycles. The third-order valence-electron chi connectivity index (χ3n) is 3.58. The Hall–Kier alpha value is -2.57. The van der Waals surface area contributed by atoms with Crippen LogP contribution in [0.25, 0.3) is 0 Å². The van der Waals surface area contributed by atoms with Crippen molar-refractivity contribution in [2.75, 3.05) is 26.9 Å². The van der Waals surface area contributed by atoms with Crippen LogP contribution in [0.4, 0.5) is 0 Å². The Balaban J connectivity index is 1.59. The van der Waals surface area contributed by atoms with Gasteiger partial charge in [-0.05, 0) is 37.1 Å². The second kappa shape index (κ2) is 8.90. The highest BCUT2D eigenvalue weighted by atomic mass is 16.5. The van der Waals surface area contributed by atoms with Crippen molar-refractivity contribution in [3.05, 3.63) is 24.3 Å². The normalized spacial score (nSPS) is 13.7. The van der Waals surface area contributed by atoms with E-state index >= 15 is 0 Å². The summed E-state index contributed by atoms with van der Waals surface area (Å²) in [7, 11) is 1.59. The van der Waals surface area contributed by atoms with Crippen LogP contribution in [0.1, 0.15) is 25.7 Å². The largest absolute Gasteiger partial charge is 0.497 e. The van der Waals surface area contributed by atoms with Gasteiger partial charge in [-0.1, -0.05) is 0 Å². The number of likely N-dealkylation sites (tertiary alicyclic amines) is 1. The third kappa shape index (κ3) is 5.26. The van der Waals surface area contributed by atoms with Gasteiger partial charge in [0.1, 0.15) is 11.5 Å². The van der Waals surface area contributed by atoms with Gasteiger partial charge in [-0.15, -0.1) is 0 Å². The molecule has 2 amide bonds. The van der Waals surface area contributed by atoms with Crippen molar-refractivity contribution >= 4 is 17.8 Å². The summed E-state index contributed by atoms with van der Waals surface area (Å²) in [5.74, 6) is 0.288. The number of hydrogen-bond acceptors (Lipinski definition) is 6. The van der Waals surface area contributed by atoms with Gasteiger partial charge in [0, 0.05) is 19.4 Å². The molecule has 1 heterocycles. The zero-order valence-electron chi connectivity index (χ0n) is 13.7. The summed E-state index contributed by atoms with van der Waals surface area (Å²) in [4.78, 5) is 35.8. The number of ether oxygens (including phenoxy) is 3. The number of methoxy groups -OCH3 is 1. The minimum absolute atomic E-state index is 0.150. The van der Waals surface area contributed by atoms with Gasteiger partial charge in [0.2, 0.25) is 5.91 Å². The fourth-order valence-electron chi connectivity index (χ4n) is 2.28. The Kier molecular flexibility index (Phi) is 6.60. The molecule has 0 bridgehead atoms. The number of carbonyl (C=O) groups is 3. The molecule has 0 unspecified atom stereocenters. The molecule has 1 aromatic carbocycles. The van der Waals surface area contributed by atoms with E-state index in [9.17, 15) is 14.4 Å². The number of imide groups is 1. The Labute approximate surface area is 140 Å². The van der Waals surface area contributed by atoms with Crippen LogP contribution >= 0.6 is 0 Å². The highest BCUT2D eigenvalue weighted by molar-refractivity contribution is 5.97. The van der Waals surface area contributed by atoms with Gasteiger partial charge in [0.25, 0.3) is 5.91 Å². The average Bonchev–Trinajstić information content (AvgIpc) is 3.03. The second-order valence-electron chi connectivity index (χ2n) is 5.33. The van der Waals surface area contributed by atoms with Gasteiger partial charge in [-0.25, -0.2) is 0 Å². The van der Waals surface area contributed by atoms with Gasteiger partial charge >= 0.3 is 5.97 Å². The zero-order valence-corrected chi connectivity index (χ0v) is 13.7. The first-order chi connectivity index (χ1) is 11.6. The molecule has 1 fully saturated rings. The van der Waals surface area contributed by atoms with Crippen LogP contribution in [0.5, 0.6) is 11.5 Å². The molecule has 0 spiro atoms. The van der Waals surface area contributed by atoms with Gasteiger partial charge in [0.05, 0.1) is 13.7 Å². The molecule has 7 heteroatoms. The number of hydrogen-bond donors (Lipinski definition) is 0. The van der Waals surface area contributed by atoms with Gasteiger partial charge in [0.15, 0.2) is 6.61 Å². The molecule has 1 aliphatic rings. The predicted octanol–water partition coefficient (Wildman–Crippen LogP) is 1.55. The summed E-state index contributed by atoms with van der Waals surface area (Å²) < 4.78 is 15.4. The lowest BCUT2D eigenvalue weighted by Gasteiger charge is -2.13. The molecule has 0 radical (unpaired) electrons. The summed E-state index contributed by atoms with van der Waals surface area (Å²) in [6.07, 6.45) is 1.67. The van der Waals surface area contributed by atoms with E-state index in [4.69, 9.17) is 14.2 Å². The minimum Gasteiger partial charge on any atom is -0.497 e. The first kappa shape index (κ1) is 17.8. The van der Waals surface area contributed by atoms with E-state index in [2.05, 4.69) is 0 Å². The second-order valence-corrected chi connectivity index (χ2v) is 5.33. The van der Waals surface area contributed by atoms with Crippen molar-refractivity contribution in [1.82, 2.24) is 4.90 Å². The van der Waals surface area contributed by atoms with E-state index in [-0.39, 0.29) is 18.9 Å². The topological polar surface area (TPSA) is 82.1 Å². The molecule has 1 aromatic rings. The van der Waals surface area contributed by atoms with Crippen molar-refractivity contribution in [3.63, 3.8) is 0 Å². The number of rotatable bonds is 8. The SMILES string of the molecule is COc1ccc(OCCCC(=O)OCC(=O)N2CCCC2=O)cc1. The van der Waals surface area contributed by atoms with Crippen LogP contribution in [0.15, 0.2) is 24.3 Å². The summed E-state index contributed by atoms with van der Waals surface area (Å²) in [5, 5.41) is 0. The van der Waals surface area contributed by atoms with Crippen LogP contribution in [-0.4, -0.2) is 49.6 Å².